The van der Waals surface area contributed by atoms with Gasteiger partial charge in [0.1, 0.15) is 0 Å². The van der Waals surface area contributed by atoms with E-state index in [-0.39, 0.29) is 0 Å². The zero-order chi connectivity index (χ0) is 13.8. The van der Waals surface area contributed by atoms with E-state index in [1.807, 2.05) is 0 Å². The molecule has 2 aliphatic rings. The van der Waals surface area contributed by atoms with Crippen molar-refractivity contribution in [2.24, 2.45) is 5.92 Å². The van der Waals surface area contributed by atoms with Crippen molar-refractivity contribution in [3.8, 4) is 0 Å². The van der Waals surface area contributed by atoms with Gasteiger partial charge in [0, 0.05) is 19.5 Å². The number of benzene rings is 1. The van der Waals surface area contributed by atoms with E-state index in [2.05, 4.69) is 34.5 Å². The Morgan fingerprint density at radius 2 is 1.70 bits per heavy atom. The van der Waals surface area contributed by atoms with E-state index in [4.69, 9.17) is 0 Å². The molecular formula is C17H24N2O. The number of fused-ring (bicyclic) bond motifs is 1. The lowest BCUT2D eigenvalue weighted by atomic mass is 9.94. The first-order valence-electron chi connectivity index (χ1n) is 7.88. The number of amides is 1. The fraction of sp³-hybridized carbons (Fsp3) is 0.588. The standard InChI is InChI=1S/C17H24N2O/c20-17(13-14-5-9-18-10-6-14)19-11-7-15-3-1-2-4-16(15)8-12-19/h1-4,14,18H,5-13H2. The first-order valence-corrected chi connectivity index (χ1v) is 7.88. The van der Waals surface area contributed by atoms with Crippen LogP contribution in [0.4, 0.5) is 0 Å². The molecule has 1 aromatic carbocycles. The van der Waals surface area contributed by atoms with Gasteiger partial charge < -0.3 is 10.2 Å². The minimum absolute atomic E-state index is 0.365. The quantitative estimate of drug-likeness (QED) is 0.893. The summed E-state index contributed by atoms with van der Waals surface area (Å²) in [5.74, 6) is 0.957. The van der Waals surface area contributed by atoms with Gasteiger partial charge in [0.25, 0.3) is 0 Å². The zero-order valence-electron chi connectivity index (χ0n) is 12.1. The van der Waals surface area contributed by atoms with Gasteiger partial charge in [-0.2, -0.15) is 0 Å². The van der Waals surface area contributed by atoms with Crippen LogP contribution in [0.15, 0.2) is 24.3 Å². The third kappa shape index (κ3) is 3.21. The second-order valence-corrected chi connectivity index (χ2v) is 6.05. The molecular weight excluding hydrogens is 248 g/mol. The Morgan fingerprint density at radius 1 is 1.10 bits per heavy atom. The number of hydrogen-bond acceptors (Lipinski definition) is 2. The first-order chi connectivity index (χ1) is 9.83. The van der Waals surface area contributed by atoms with Crippen molar-refractivity contribution in [3.63, 3.8) is 0 Å². The molecule has 1 aromatic rings. The fourth-order valence-corrected chi connectivity index (χ4v) is 3.38. The molecule has 108 valence electrons. The summed E-state index contributed by atoms with van der Waals surface area (Å²) < 4.78 is 0. The molecule has 1 N–H and O–H groups in total. The summed E-state index contributed by atoms with van der Waals surface area (Å²) in [6.07, 6.45) is 5.07. The predicted molar refractivity (Wildman–Crippen MR) is 80.6 cm³/mol. The van der Waals surface area contributed by atoms with Crippen LogP contribution in [-0.4, -0.2) is 37.0 Å². The number of nitrogens with one attached hydrogen (secondary N) is 1. The number of carbonyl (C=O) groups excluding carboxylic acids is 1. The van der Waals surface area contributed by atoms with Crippen LogP contribution in [-0.2, 0) is 17.6 Å². The van der Waals surface area contributed by atoms with Crippen molar-refractivity contribution in [1.29, 1.82) is 0 Å². The van der Waals surface area contributed by atoms with Crippen LogP contribution in [0.1, 0.15) is 30.4 Å². The average Bonchev–Trinajstić information content (AvgIpc) is 2.71. The SMILES string of the molecule is O=C(CC1CCNCC1)N1CCc2ccccc2CC1. The Labute approximate surface area is 121 Å². The molecule has 0 unspecified atom stereocenters. The van der Waals surface area contributed by atoms with E-state index in [1.54, 1.807) is 0 Å². The summed E-state index contributed by atoms with van der Waals surface area (Å²) in [5, 5.41) is 3.36. The summed E-state index contributed by atoms with van der Waals surface area (Å²) in [6.45, 7) is 3.93. The zero-order valence-corrected chi connectivity index (χ0v) is 12.1. The Morgan fingerprint density at radius 3 is 2.30 bits per heavy atom. The largest absolute Gasteiger partial charge is 0.342 e. The third-order valence-electron chi connectivity index (χ3n) is 4.70. The second kappa shape index (κ2) is 6.40. The molecule has 3 heteroatoms. The highest BCUT2D eigenvalue weighted by molar-refractivity contribution is 5.76. The summed E-state index contributed by atoms with van der Waals surface area (Å²) in [6, 6.07) is 8.61. The van der Waals surface area contributed by atoms with Crippen LogP contribution in [0.2, 0.25) is 0 Å². The molecule has 0 atom stereocenters. The van der Waals surface area contributed by atoms with E-state index in [1.165, 1.54) is 11.1 Å². The normalized spacial score (nSPS) is 20.3. The third-order valence-corrected chi connectivity index (χ3v) is 4.70. The van der Waals surface area contributed by atoms with E-state index in [9.17, 15) is 4.79 Å². The van der Waals surface area contributed by atoms with E-state index >= 15 is 0 Å². The molecule has 1 fully saturated rings. The van der Waals surface area contributed by atoms with Crippen molar-refractivity contribution in [3.05, 3.63) is 35.4 Å². The molecule has 1 saturated heterocycles. The van der Waals surface area contributed by atoms with Gasteiger partial charge in [-0.05, 0) is 55.8 Å². The number of hydrogen-bond donors (Lipinski definition) is 1. The van der Waals surface area contributed by atoms with E-state index < -0.39 is 0 Å². The summed E-state index contributed by atoms with van der Waals surface area (Å²) in [5.41, 5.74) is 2.84. The number of piperidine rings is 1. The maximum Gasteiger partial charge on any atom is 0.222 e. The molecule has 0 saturated carbocycles. The fourth-order valence-electron chi connectivity index (χ4n) is 3.38. The minimum atomic E-state index is 0.365. The maximum absolute atomic E-state index is 12.5. The topological polar surface area (TPSA) is 32.3 Å². The Balaban J connectivity index is 1.57. The molecule has 1 amide bonds. The lowest BCUT2D eigenvalue weighted by molar-refractivity contribution is -0.132. The van der Waals surface area contributed by atoms with Crippen LogP contribution in [0, 0.1) is 5.92 Å². The molecule has 3 rings (SSSR count). The smallest absolute Gasteiger partial charge is 0.222 e. The van der Waals surface area contributed by atoms with Gasteiger partial charge in [0.05, 0.1) is 0 Å². The van der Waals surface area contributed by atoms with Crippen LogP contribution in [0.25, 0.3) is 0 Å². The molecule has 0 aliphatic carbocycles. The van der Waals surface area contributed by atoms with Crippen molar-refractivity contribution in [2.75, 3.05) is 26.2 Å². The molecule has 0 spiro atoms. The number of carbonyl (C=O) groups is 1. The van der Waals surface area contributed by atoms with Crippen molar-refractivity contribution >= 4 is 5.91 Å². The maximum atomic E-state index is 12.5. The predicted octanol–water partition coefficient (Wildman–Crippen LogP) is 2.00. The molecule has 0 aromatic heterocycles. The second-order valence-electron chi connectivity index (χ2n) is 6.05. The van der Waals surface area contributed by atoms with Crippen LogP contribution in [0.5, 0.6) is 0 Å². The highest BCUT2D eigenvalue weighted by Crippen LogP contribution is 2.20. The van der Waals surface area contributed by atoms with Gasteiger partial charge in [-0.1, -0.05) is 24.3 Å². The molecule has 2 aliphatic heterocycles. The molecule has 20 heavy (non-hydrogen) atoms. The Hall–Kier alpha value is -1.35. The first kappa shape index (κ1) is 13.6. The molecule has 2 heterocycles. The van der Waals surface area contributed by atoms with Crippen molar-refractivity contribution < 1.29 is 4.79 Å². The van der Waals surface area contributed by atoms with E-state index in [0.717, 1.165) is 58.3 Å². The van der Waals surface area contributed by atoms with Gasteiger partial charge >= 0.3 is 0 Å². The lowest BCUT2D eigenvalue weighted by Gasteiger charge is -2.26. The monoisotopic (exact) mass is 272 g/mol. The summed E-state index contributed by atoms with van der Waals surface area (Å²) in [4.78, 5) is 14.6. The van der Waals surface area contributed by atoms with Crippen LogP contribution >= 0.6 is 0 Å². The summed E-state index contributed by atoms with van der Waals surface area (Å²) >= 11 is 0. The van der Waals surface area contributed by atoms with Gasteiger partial charge in [0.15, 0.2) is 0 Å². The van der Waals surface area contributed by atoms with Crippen LogP contribution < -0.4 is 5.32 Å². The van der Waals surface area contributed by atoms with Gasteiger partial charge in [0.2, 0.25) is 5.91 Å². The molecule has 0 bridgehead atoms. The van der Waals surface area contributed by atoms with Crippen molar-refractivity contribution in [2.45, 2.75) is 32.1 Å². The Bertz CT molecular complexity index is 439. The lowest BCUT2D eigenvalue weighted by Crippen LogP contribution is -2.36. The minimum Gasteiger partial charge on any atom is -0.342 e. The highest BCUT2D eigenvalue weighted by Gasteiger charge is 2.22. The highest BCUT2D eigenvalue weighted by atomic mass is 16.2. The molecule has 3 nitrogen and oxygen atoms in total. The summed E-state index contributed by atoms with van der Waals surface area (Å²) in [7, 11) is 0. The number of rotatable bonds is 2. The molecule has 0 radical (unpaired) electrons. The van der Waals surface area contributed by atoms with Gasteiger partial charge in [-0.3, -0.25) is 4.79 Å². The van der Waals surface area contributed by atoms with Crippen molar-refractivity contribution in [1.82, 2.24) is 10.2 Å². The average molecular weight is 272 g/mol. The van der Waals surface area contributed by atoms with E-state index in [0.29, 0.717) is 11.8 Å². The van der Waals surface area contributed by atoms with Gasteiger partial charge in [-0.25, -0.2) is 0 Å². The Kier molecular flexibility index (Phi) is 4.36. The van der Waals surface area contributed by atoms with Gasteiger partial charge in [-0.15, -0.1) is 0 Å². The number of nitrogens with zero attached hydrogens (tertiary/aromatic N) is 1. The van der Waals surface area contributed by atoms with Crippen LogP contribution in [0.3, 0.4) is 0 Å².